The van der Waals surface area contributed by atoms with Crippen LogP contribution in [0.4, 0.5) is 4.79 Å². The number of nitrogens with one attached hydrogen (secondary N) is 2. The van der Waals surface area contributed by atoms with Gasteiger partial charge in [0.05, 0.1) is 16.8 Å². The van der Waals surface area contributed by atoms with E-state index in [-0.39, 0.29) is 23.9 Å². The van der Waals surface area contributed by atoms with Crippen LogP contribution >= 0.6 is 0 Å². The van der Waals surface area contributed by atoms with Gasteiger partial charge in [-0.3, -0.25) is 14.5 Å². The summed E-state index contributed by atoms with van der Waals surface area (Å²) in [6.45, 7) is 8.34. The lowest BCUT2D eigenvalue weighted by atomic mass is 9.82. The van der Waals surface area contributed by atoms with Crippen LogP contribution in [0.1, 0.15) is 49.7 Å². The number of amides is 3. The van der Waals surface area contributed by atoms with Crippen molar-refractivity contribution in [2.24, 2.45) is 0 Å². The first-order chi connectivity index (χ1) is 16.7. The Balaban J connectivity index is 1.39. The minimum atomic E-state index is -0.976. The second kappa shape index (κ2) is 8.64. The van der Waals surface area contributed by atoms with Gasteiger partial charge in [-0.15, -0.1) is 0 Å². The maximum absolute atomic E-state index is 12.6. The van der Waals surface area contributed by atoms with Crippen molar-refractivity contribution in [2.45, 2.75) is 51.2 Å². The molecule has 3 aromatic rings. The Hall–Kier alpha value is -3.46. The molecule has 3 N–H and O–H groups in total. The molecule has 184 valence electrons. The minimum Gasteiger partial charge on any atom is -0.389 e. The van der Waals surface area contributed by atoms with Crippen molar-refractivity contribution in [3.63, 3.8) is 0 Å². The van der Waals surface area contributed by atoms with E-state index in [2.05, 4.69) is 26.4 Å². The van der Waals surface area contributed by atoms with Crippen molar-refractivity contribution in [3.8, 4) is 11.3 Å². The third kappa shape index (κ3) is 4.48. The highest BCUT2D eigenvalue weighted by atomic mass is 16.3. The van der Waals surface area contributed by atoms with Crippen molar-refractivity contribution >= 4 is 22.8 Å². The molecular formula is C26H32N6O3. The molecule has 1 saturated heterocycles. The molecule has 3 amide bonds. The standard InChI is InChI=1S/C26H32N6O3/c1-4-27-24(34)31-9-7-26(16-31)8-10-32-22(26)13-21(30-32)19-12-18-11-17(5-6-20(18)28-14-19)23(33)29-15-25(2,3)35/h5-6,11-14,35H,4,7-10,15-16H2,1-3H3,(H,27,34)(H,29,33). The largest absolute Gasteiger partial charge is 0.389 e. The third-order valence-corrected chi connectivity index (χ3v) is 7.02. The average molecular weight is 477 g/mol. The van der Waals surface area contributed by atoms with Gasteiger partial charge in [0.1, 0.15) is 0 Å². The van der Waals surface area contributed by atoms with Gasteiger partial charge < -0.3 is 20.6 Å². The lowest BCUT2D eigenvalue weighted by Gasteiger charge is -2.23. The highest BCUT2D eigenvalue weighted by molar-refractivity contribution is 5.98. The van der Waals surface area contributed by atoms with Crippen molar-refractivity contribution in [3.05, 3.63) is 47.8 Å². The molecule has 1 atom stereocenters. The smallest absolute Gasteiger partial charge is 0.317 e. The van der Waals surface area contributed by atoms with Crippen LogP contribution in [0.3, 0.4) is 0 Å². The summed E-state index contributed by atoms with van der Waals surface area (Å²) in [6.07, 6.45) is 3.75. The van der Waals surface area contributed by atoms with Gasteiger partial charge in [-0.05, 0) is 63.9 Å². The van der Waals surface area contributed by atoms with E-state index in [1.165, 1.54) is 5.69 Å². The van der Waals surface area contributed by atoms with Crippen LogP contribution in [0.5, 0.6) is 0 Å². The van der Waals surface area contributed by atoms with Gasteiger partial charge in [-0.2, -0.15) is 5.10 Å². The van der Waals surface area contributed by atoms with E-state index in [9.17, 15) is 14.7 Å². The molecule has 0 aliphatic carbocycles. The SMILES string of the molecule is CCNC(=O)N1CCC2(CCn3nc(-c4cnc5ccc(C(=O)NCC(C)(C)O)cc5c4)cc32)C1. The molecule has 2 aromatic heterocycles. The number of pyridine rings is 1. The second-order valence-corrected chi connectivity index (χ2v) is 10.3. The van der Waals surface area contributed by atoms with E-state index < -0.39 is 5.60 Å². The summed E-state index contributed by atoms with van der Waals surface area (Å²) in [6, 6.07) is 9.53. The van der Waals surface area contributed by atoms with E-state index in [4.69, 9.17) is 5.10 Å². The summed E-state index contributed by atoms with van der Waals surface area (Å²) in [5.41, 5.74) is 3.21. The molecule has 9 nitrogen and oxygen atoms in total. The number of benzene rings is 1. The number of aliphatic hydroxyl groups is 1. The number of urea groups is 1. The minimum absolute atomic E-state index is 0.00341. The topological polar surface area (TPSA) is 112 Å². The van der Waals surface area contributed by atoms with Crippen molar-refractivity contribution in [1.29, 1.82) is 0 Å². The maximum atomic E-state index is 12.6. The predicted molar refractivity (Wildman–Crippen MR) is 133 cm³/mol. The van der Waals surface area contributed by atoms with Crippen molar-refractivity contribution < 1.29 is 14.7 Å². The molecule has 35 heavy (non-hydrogen) atoms. The molecule has 9 heteroatoms. The van der Waals surface area contributed by atoms with E-state index in [0.29, 0.717) is 18.7 Å². The fourth-order valence-electron chi connectivity index (χ4n) is 5.14. The lowest BCUT2D eigenvalue weighted by molar-refractivity contribution is 0.0694. The number of aryl methyl sites for hydroxylation is 1. The van der Waals surface area contributed by atoms with Crippen LogP contribution in [0.2, 0.25) is 0 Å². The average Bonchev–Trinajstić information content (AvgIpc) is 3.53. The fraction of sp³-hybridized carbons (Fsp3) is 0.462. The Morgan fingerprint density at radius 3 is 2.71 bits per heavy atom. The fourth-order valence-corrected chi connectivity index (χ4v) is 5.14. The van der Waals surface area contributed by atoms with Gasteiger partial charge in [-0.25, -0.2) is 4.79 Å². The highest BCUT2D eigenvalue weighted by Crippen LogP contribution is 2.43. The van der Waals surface area contributed by atoms with Crippen LogP contribution in [-0.2, 0) is 12.0 Å². The number of hydrogen-bond donors (Lipinski definition) is 3. The van der Waals surface area contributed by atoms with Gasteiger partial charge in [-0.1, -0.05) is 0 Å². The summed E-state index contributed by atoms with van der Waals surface area (Å²) in [5, 5.41) is 21.3. The first kappa shape index (κ1) is 23.3. The number of carbonyl (C=O) groups excluding carboxylic acids is 2. The zero-order valence-electron chi connectivity index (χ0n) is 20.5. The van der Waals surface area contributed by atoms with Crippen LogP contribution in [0, 0.1) is 0 Å². The van der Waals surface area contributed by atoms with Crippen LogP contribution < -0.4 is 10.6 Å². The van der Waals surface area contributed by atoms with E-state index in [1.54, 1.807) is 19.9 Å². The first-order valence-electron chi connectivity index (χ1n) is 12.2. The normalized spacial score (nSPS) is 19.4. The molecule has 1 fully saturated rings. The molecule has 5 rings (SSSR count). The Morgan fingerprint density at radius 1 is 1.14 bits per heavy atom. The number of fused-ring (bicyclic) bond motifs is 3. The molecular weight excluding hydrogens is 444 g/mol. The highest BCUT2D eigenvalue weighted by Gasteiger charge is 2.46. The number of likely N-dealkylation sites (tertiary alicyclic amines) is 1. The van der Waals surface area contributed by atoms with Crippen molar-refractivity contribution in [1.82, 2.24) is 30.3 Å². The zero-order chi connectivity index (χ0) is 24.8. The molecule has 0 radical (unpaired) electrons. The Morgan fingerprint density at radius 2 is 1.94 bits per heavy atom. The second-order valence-electron chi connectivity index (χ2n) is 10.3. The molecule has 0 saturated carbocycles. The Labute approximate surface area is 204 Å². The molecule has 1 aromatic carbocycles. The van der Waals surface area contributed by atoms with Gasteiger partial charge in [0.2, 0.25) is 0 Å². The first-order valence-corrected chi connectivity index (χ1v) is 12.2. The quantitative estimate of drug-likeness (QED) is 0.524. The summed E-state index contributed by atoms with van der Waals surface area (Å²) in [7, 11) is 0. The maximum Gasteiger partial charge on any atom is 0.317 e. The van der Waals surface area contributed by atoms with E-state index in [0.717, 1.165) is 48.1 Å². The number of nitrogens with zero attached hydrogens (tertiary/aromatic N) is 4. The van der Waals surface area contributed by atoms with Gasteiger partial charge in [0.25, 0.3) is 5.91 Å². The number of hydrogen-bond acceptors (Lipinski definition) is 5. The van der Waals surface area contributed by atoms with Crippen molar-refractivity contribution in [2.75, 3.05) is 26.2 Å². The monoisotopic (exact) mass is 476 g/mol. The molecule has 2 aliphatic rings. The summed E-state index contributed by atoms with van der Waals surface area (Å²) >= 11 is 0. The molecule has 0 bridgehead atoms. The predicted octanol–water partition coefficient (Wildman–Crippen LogP) is 2.68. The van der Waals surface area contributed by atoms with Gasteiger partial charge in [0, 0.05) is 66.5 Å². The van der Waals surface area contributed by atoms with Crippen LogP contribution in [-0.4, -0.2) is 68.5 Å². The third-order valence-electron chi connectivity index (χ3n) is 7.02. The van der Waals surface area contributed by atoms with Gasteiger partial charge in [0.15, 0.2) is 0 Å². The van der Waals surface area contributed by atoms with E-state index >= 15 is 0 Å². The van der Waals surface area contributed by atoms with E-state index in [1.807, 2.05) is 36.2 Å². The summed E-state index contributed by atoms with van der Waals surface area (Å²) in [4.78, 5) is 31.4. The molecule has 2 aliphatic heterocycles. The molecule has 1 spiro atoms. The van der Waals surface area contributed by atoms with Crippen LogP contribution in [0.25, 0.3) is 22.2 Å². The number of rotatable bonds is 5. The molecule has 4 heterocycles. The summed E-state index contributed by atoms with van der Waals surface area (Å²) in [5.74, 6) is -0.236. The molecule has 1 unspecified atom stereocenters. The van der Waals surface area contributed by atoms with Crippen LogP contribution in [0.15, 0.2) is 36.5 Å². The lowest BCUT2D eigenvalue weighted by Crippen LogP contribution is -2.40. The number of aromatic nitrogens is 3. The Bertz CT molecular complexity index is 1290. The number of carbonyl (C=O) groups is 2. The Kier molecular flexibility index (Phi) is 5.75. The zero-order valence-corrected chi connectivity index (χ0v) is 20.5. The van der Waals surface area contributed by atoms with Gasteiger partial charge >= 0.3 is 6.03 Å². The summed E-state index contributed by atoms with van der Waals surface area (Å²) < 4.78 is 2.07.